The van der Waals surface area contributed by atoms with Crippen molar-refractivity contribution in [2.24, 2.45) is 10.4 Å². The molecule has 2 unspecified atom stereocenters. The molecule has 2 aliphatic rings. The highest BCUT2D eigenvalue weighted by Crippen LogP contribution is 2.51. The van der Waals surface area contributed by atoms with Crippen LogP contribution < -0.4 is 10.6 Å². The van der Waals surface area contributed by atoms with Gasteiger partial charge < -0.3 is 20.3 Å². The van der Waals surface area contributed by atoms with Crippen LogP contribution in [0.15, 0.2) is 4.99 Å². The van der Waals surface area contributed by atoms with Gasteiger partial charge >= 0.3 is 0 Å². The summed E-state index contributed by atoms with van der Waals surface area (Å²) in [4.78, 5) is 6.99. The fourth-order valence-corrected chi connectivity index (χ4v) is 3.81. The first kappa shape index (κ1) is 22.0. The van der Waals surface area contributed by atoms with E-state index in [1.807, 2.05) is 14.2 Å². The first-order chi connectivity index (χ1) is 10.7. The maximum atomic E-state index is 5.71. The van der Waals surface area contributed by atoms with Crippen LogP contribution in [0.1, 0.15) is 53.9 Å². The zero-order chi connectivity index (χ0) is 17.3. The number of nitrogens with zero attached hydrogens (tertiary/aromatic N) is 2. The van der Waals surface area contributed by atoms with Crippen LogP contribution >= 0.6 is 24.0 Å². The highest BCUT2D eigenvalue weighted by atomic mass is 127. The summed E-state index contributed by atoms with van der Waals surface area (Å²) in [5.41, 5.74) is 0.0481. The molecule has 1 saturated carbocycles. The van der Waals surface area contributed by atoms with Crippen molar-refractivity contribution >= 4 is 29.9 Å². The third-order valence-electron chi connectivity index (χ3n) is 6.41. The second kappa shape index (κ2) is 8.54. The minimum atomic E-state index is -0.0495. The topological polar surface area (TPSA) is 48.9 Å². The zero-order valence-electron chi connectivity index (χ0n) is 16.5. The molecule has 2 N–H and O–H groups in total. The van der Waals surface area contributed by atoms with Gasteiger partial charge in [0.25, 0.3) is 0 Å². The summed E-state index contributed by atoms with van der Waals surface area (Å²) in [6.07, 6.45) is 3.38. The van der Waals surface area contributed by atoms with Crippen LogP contribution in [0.2, 0.25) is 0 Å². The molecule has 0 aromatic rings. The zero-order valence-corrected chi connectivity index (χ0v) is 18.8. The number of hydrogen-bond acceptors (Lipinski definition) is 3. The molecule has 24 heavy (non-hydrogen) atoms. The second-order valence-corrected chi connectivity index (χ2v) is 8.18. The number of aliphatic imine (C=N–C) groups is 1. The summed E-state index contributed by atoms with van der Waals surface area (Å²) >= 11 is 0. The first-order valence-corrected chi connectivity index (χ1v) is 9.02. The molecule has 1 saturated heterocycles. The lowest BCUT2D eigenvalue weighted by Gasteiger charge is -2.59. The minimum absolute atomic E-state index is 0. The monoisotopic (exact) mass is 452 g/mol. The summed E-state index contributed by atoms with van der Waals surface area (Å²) < 4.78 is 5.71. The maximum absolute atomic E-state index is 5.71. The second-order valence-electron chi connectivity index (χ2n) is 8.18. The predicted molar refractivity (Wildman–Crippen MR) is 112 cm³/mol. The Kier molecular flexibility index (Phi) is 7.81. The van der Waals surface area contributed by atoms with Gasteiger partial charge in [0, 0.05) is 50.8 Å². The van der Waals surface area contributed by atoms with Crippen LogP contribution in [-0.4, -0.2) is 61.8 Å². The summed E-state index contributed by atoms with van der Waals surface area (Å²) in [5, 5.41) is 7.23. The van der Waals surface area contributed by atoms with Crippen molar-refractivity contribution in [3.63, 3.8) is 0 Å². The SMILES string of the molecule is CN=C(NC1CCN(C(C)C)CC1)NC1CC(C)(OC)C1(C)C.I. The van der Waals surface area contributed by atoms with Crippen LogP contribution in [0, 0.1) is 5.41 Å². The summed E-state index contributed by atoms with van der Waals surface area (Å²) in [5.74, 6) is 0.934. The molecule has 2 rings (SSSR count). The summed E-state index contributed by atoms with van der Waals surface area (Å²) in [6, 6.07) is 1.57. The van der Waals surface area contributed by atoms with Crippen molar-refractivity contribution in [2.75, 3.05) is 27.2 Å². The van der Waals surface area contributed by atoms with Gasteiger partial charge in [-0.15, -0.1) is 24.0 Å². The van der Waals surface area contributed by atoms with E-state index in [1.165, 1.54) is 25.9 Å². The van der Waals surface area contributed by atoms with E-state index < -0.39 is 0 Å². The van der Waals surface area contributed by atoms with Crippen molar-refractivity contribution in [3.8, 4) is 0 Å². The van der Waals surface area contributed by atoms with E-state index in [0.717, 1.165) is 12.4 Å². The Labute approximate surface area is 165 Å². The average Bonchev–Trinajstić information content (AvgIpc) is 2.53. The lowest BCUT2D eigenvalue weighted by Crippen LogP contribution is -2.69. The number of piperidine rings is 1. The molecule has 0 aromatic heterocycles. The van der Waals surface area contributed by atoms with Gasteiger partial charge in [-0.25, -0.2) is 0 Å². The third-order valence-corrected chi connectivity index (χ3v) is 6.41. The minimum Gasteiger partial charge on any atom is -0.378 e. The number of halogens is 1. The number of methoxy groups -OCH3 is 1. The summed E-state index contributed by atoms with van der Waals surface area (Å²) in [6.45, 7) is 13.6. The molecule has 0 bridgehead atoms. The molecule has 1 aliphatic carbocycles. The first-order valence-electron chi connectivity index (χ1n) is 9.02. The lowest BCUT2D eigenvalue weighted by atomic mass is 9.56. The van der Waals surface area contributed by atoms with Crippen LogP contribution in [0.5, 0.6) is 0 Å². The molecular weight excluding hydrogens is 415 g/mol. The standard InChI is InChI=1S/C18H36N4O.HI/c1-13(2)22-10-8-14(9-11-22)20-16(19-6)21-15-12-18(5,23-7)17(15,3)4;/h13-15H,8-12H2,1-7H3,(H2,19,20,21);1H. The number of rotatable bonds is 4. The Morgan fingerprint density at radius 1 is 1.17 bits per heavy atom. The van der Waals surface area contributed by atoms with E-state index in [-0.39, 0.29) is 35.0 Å². The molecule has 0 spiro atoms. The Morgan fingerprint density at radius 3 is 2.17 bits per heavy atom. The van der Waals surface area contributed by atoms with E-state index in [2.05, 4.69) is 55.1 Å². The fourth-order valence-electron chi connectivity index (χ4n) is 3.81. The maximum Gasteiger partial charge on any atom is 0.191 e. The van der Waals surface area contributed by atoms with Gasteiger partial charge in [0.2, 0.25) is 0 Å². The smallest absolute Gasteiger partial charge is 0.191 e. The van der Waals surface area contributed by atoms with Gasteiger partial charge in [0.15, 0.2) is 5.96 Å². The molecule has 2 atom stereocenters. The van der Waals surface area contributed by atoms with Crippen molar-refractivity contribution in [1.29, 1.82) is 0 Å². The number of likely N-dealkylation sites (tertiary alicyclic amines) is 1. The molecule has 2 fully saturated rings. The highest BCUT2D eigenvalue weighted by Gasteiger charge is 2.58. The molecule has 0 radical (unpaired) electrons. The van der Waals surface area contributed by atoms with Gasteiger partial charge in [-0.1, -0.05) is 13.8 Å². The third kappa shape index (κ3) is 4.36. The predicted octanol–water partition coefficient (Wildman–Crippen LogP) is 2.85. The molecule has 0 amide bonds. The Hall–Kier alpha value is -0.0800. The van der Waals surface area contributed by atoms with Crippen molar-refractivity contribution < 1.29 is 4.74 Å². The van der Waals surface area contributed by atoms with Gasteiger partial charge in [0.1, 0.15) is 0 Å². The van der Waals surface area contributed by atoms with E-state index in [4.69, 9.17) is 4.74 Å². The fraction of sp³-hybridized carbons (Fsp3) is 0.944. The molecule has 6 heteroatoms. The Morgan fingerprint density at radius 2 is 1.75 bits per heavy atom. The van der Waals surface area contributed by atoms with Gasteiger partial charge in [-0.2, -0.15) is 0 Å². The van der Waals surface area contributed by atoms with Gasteiger partial charge in [-0.05, 0) is 40.0 Å². The van der Waals surface area contributed by atoms with E-state index >= 15 is 0 Å². The van der Waals surface area contributed by atoms with Crippen LogP contribution in [0.3, 0.4) is 0 Å². The lowest BCUT2D eigenvalue weighted by molar-refractivity contribution is -0.176. The Bertz CT molecular complexity index is 433. The van der Waals surface area contributed by atoms with E-state index in [9.17, 15) is 0 Å². The molecule has 0 aromatic carbocycles. The number of nitrogens with one attached hydrogen (secondary N) is 2. The molecule has 142 valence electrons. The molecule has 1 heterocycles. The van der Waals surface area contributed by atoms with E-state index in [0.29, 0.717) is 18.1 Å². The van der Waals surface area contributed by atoms with Gasteiger partial charge in [0.05, 0.1) is 5.60 Å². The normalized spacial score (nSPS) is 31.3. The molecule has 1 aliphatic heterocycles. The van der Waals surface area contributed by atoms with Gasteiger partial charge in [-0.3, -0.25) is 4.99 Å². The quantitative estimate of drug-likeness (QED) is 0.391. The largest absolute Gasteiger partial charge is 0.378 e. The number of hydrogen-bond donors (Lipinski definition) is 2. The number of guanidine groups is 1. The van der Waals surface area contributed by atoms with Crippen LogP contribution in [0.4, 0.5) is 0 Å². The highest BCUT2D eigenvalue weighted by molar-refractivity contribution is 14.0. The van der Waals surface area contributed by atoms with Crippen molar-refractivity contribution in [2.45, 2.75) is 77.6 Å². The summed E-state index contributed by atoms with van der Waals surface area (Å²) in [7, 11) is 3.67. The molecule has 5 nitrogen and oxygen atoms in total. The van der Waals surface area contributed by atoms with Crippen LogP contribution in [0.25, 0.3) is 0 Å². The van der Waals surface area contributed by atoms with E-state index in [1.54, 1.807) is 0 Å². The molecular formula is C18H37IN4O. The Balaban J connectivity index is 0.00000288. The van der Waals surface area contributed by atoms with Crippen molar-refractivity contribution in [3.05, 3.63) is 0 Å². The number of ether oxygens (including phenoxy) is 1. The van der Waals surface area contributed by atoms with Crippen LogP contribution in [-0.2, 0) is 4.74 Å². The van der Waals surface area contributed by atoms with Crippen molar-refractivity contribution in [1.82, 2.24) is 15.5 Å². The average molecular weight is 452 g/mol.